The van der Waals surface area contributed by atoms with E-state index in [4.69, 9.17) is 0 Å². The highest BCUT2D eigenvalue weighted by Crippen LogP contribution is 2.41. The van der Waals surface area contributed by atoms with Gasteiger partial charge >= 0.3 is 0 Å². The van der Waals surface area contributed by atoms with Gasteiger partial charge in [-0.2, -0.15) is 0 Å². The highest BCUT2D eigenvalue weighted by molar-refractivity contribution is 7.93. The van der Waals surface area contributed by atoms with Gasteiger partial charge in [-0.05, 0) is 48.7 Å². The first-order valence-electron chi connectivity index (χ1n) is 9.15. The molecule has 0 radical (unpaired) electrons. The molecule has 1 N–H and O–H groups in total. The molecule has 1 aliphatic rings. The number of aromatic nitrogens is 1. The van der Waals surface area contributed by atoms with Crippen LogP contribution in [-0.2, 0) is 14.8 Å². The molecule has 6 nitrogen and oxygen atoms in total. The van der Waals surface area contributed by atoms with E-state index in [1.54, 1.807) is 30.3 Å². The zero-order chi connectivity index (χ0) is 20.2. The SMILES string of the molecule is Cc1ccc2cc(NC(=O)CN3c4cccc5cccc(c45)S3(=O)=O)ccc2n1. The number of pyridine rings is 1. The maximum Gasteiger partial charge on any atom is 0.265 e. The lowest BCUT2D eigenvalue weighted by molar-refractivity contribution is -0.114. The number of carbonyl (C=O) groups is 1. The van der Waals surface area contributed by atoms with Crippen LogP contribution in [0.3, 0.4) is 0 Å². The summed E-state index contributed by atoms with van der Waals surface area (Å²) in [7, 11) is -3.76. The monoisotopic (exact) mass is 403 g/mol. The molecule has 144 valence electrons. The van der Waals surface area contributed by atoms with Crippen LogP contribution >= 0.6 is 0 Å². The number of anilines is 2. The fourth-order valence-corrected chi connectivity index (χ4v) is 5.43. The zero-order valence-electron chi connectivity index (χ0n) is 15.6. The Morgan fingerprint density at radius 1 is 1.00 bits per heavy atom. The van der Waals surface area contributed by atoms with Gasteiger partial charge in [0.25, 0.3) is 10.0 Å². The Hall–Kier alpha value is -3.45. The molecule has 0 unspecified atom stereocenters. The van der Waals surface area contributed by atoms with Crippen LogP contribution in [0.2, 0.25) is 0 Å². The molecule has 0 saturated carbocycles. The first-order chi connectivity index (χ1) is 13.9. The second-order valence-electron chi connectivity index (χ2n) is 7.05. The minimum atomic E-state index is -3.76. The molecule has 0 saturated heterocycles. The minimum Gasteiger partial charge on any atom is -0.324 e. The van der Waals surface area contributed by atoms with Gasteiger partial charge in [0.1, 0.15) is 6.54 Å². The molecular formula is C22H17N3O3S. The normalized spacial score (nSPS) is 14.4. The lowest BCUT2D eigenvalue weighted by atomic mass is 10.1. The molecule has 2 heterocycles. The Balaban J connectivity index is 1.44. The van der Waals surface area contributed by atoms with Gasteiger partial charge in [-0.3, -0.25) is 14.1 Å². The van der Waals surface area contributed by atoms with Crippen molar-refractivity contribution in [2.45, 2.75) is 11.8 Å². The van der Waals surface area contributed by atoms with E-state index >= 15 is 0 Å². The lowest BCUT2D eigenvalue weighted by Gasteiger charge is -2.18. The van der Waals surface area contributed by atoms with Crippen molar-refractivity contribution in [2.75, 3.05) is 16.2 Å². The van der Waals surface area contributed by atoms with Gasteiger partial charge in [0.05, 0.1) is 16.1 Å². The molecule has 0 aliphatic carbocycles. The molecule has 4 aromatic rings. The van der Waals surface area contributed by atoms with Crippen molar-refractivity contribution in [3.8, 4) is 0 Å². The molecule has 0 bridgehead atoms. The van der Waals surface area contributed by atoms with E-state index < -0.39 is 15.9 Å². The molecule has 29 heavy (non-hydrogen) atoms. The van der Waals surface area contributed by atoms with Crippen LogP contribution in [0.15, 0.2) is 71.6 Å². The van der Waals surface area contributed by atoms with Crippen LogP contribution in [0.5, 0.6) is 0 Å². The fraction of sp³-hybridized carbons (Fsp3) is 0.0909. The summed E-state index contributed by atoms with van der Waals surface area (Å²) in [5, 5.41) is 5.20. The summed E-state index contributed by atoms with van der Waals surface area (Å²) < 4.78 is 27.2. The summed E-state index contributed by atoms with van der Waals surface area (Å²) in [5.41, 5.74) is 2.89. The van der Waals surface area contributed by atoms with Crippen molar-refractivity contribution in [3.63, 3.8) is 0 Å². The van der Waals surface area contributed by atoms with E-state index in [9.17, 15) is 13.2 Å². The average Bonchev–Trinajstić information content (AvgIpc) is 2.91. The number of aryl methyl sites for hydroxylation is 1. The number of amides is 1. The topological polar surface area (TPSA) is 79.4 Å². The largest absolute Gasteiger partial charge is 0.324 e. The number of nitrogens with one attached hydrogen (secondary N) is 1. The van der Waals surface area contributed by atoms with Gasteiger partial charge in [0.2, 0.25) is 5.91 Å². The maximum absolute atomic E-state index is 13.0. The number of hydrogen-bond acceptors (Lipinski definition) is 4. The van der Waals surface area contributed by atoms with Gasteiger partial charge in [0.15, 0.2) is 0 Å². The highest BCUT2D eigenvalue weighted by Gasteiger charge is 2.36. The predicted molar refractivity (Wildman–Crippen MR) is 114 cm³/mol. The second kappa shape index (κ2) is 6.28. The molecule has 0 fully saturated rings. The summed E-state index contributed by atoms with van der Waals surface area (Å²) >= 11 is 0. The third kappa shape index (κ3) is 2.82. The zero-order valence-corrected chi connectivity index (χ0v) is 16.4. The van der Waals surface area contributed by atoms with Gasteiger partial charge < -0.3 is 5.32 Å². The summed E-state index contributed by atoms with van der Waals surface area (Å²) in [6.07, 6.45) is 0. The number of hydrogen-bond donors (Lipinski definition) is 1. The van der Waals surface area contributed by atoms with Crippen molar-refractivity contribution in [1.82, 2.24) is 4.98 Å². The van der Waals surface area contributed by atoms with E-state index in [0.717, 1.165) is 22.0 Å². The molecule has 3 aromatic carbocycles. The van der Waals surface area contributed by atoms with E-state index in [1.165, 1.54) is 4.31 Å². The van der Waals surface area contributed by atoms with Gasteiger partial charge in [-0.15, -0.1) is 0 Å². The maximum atomic E-state index is 13.0. The first kappa shape index (κ1) is 17.6. The second-order valence-corrected chi connectivity index (χ2v) is 8.88. The standard InChI is InChI=1S/C22H17N3O3S/c1-14-8-9-16-12-17(10-11-18(16)23-14)24-21(26)13-25-19-6-2-4-15-5-3-7-20(22(15)19)29(25,27)28/h2-12H,13H2,1H3,(H,24,26). The Morgan fingerprint density at radius 2 is 1.79 bits per heavy atom. The molecule has 1 aliphatic heterocycles. The first-order valence-corrected chi connectivity index (χ1v) is 10.6. The molecular weight excluding hydrogens is 386 g/mol. The number of carbonyl (C=O) groups excluding carboxylic acids is 1. The number of nitrogens with zero attached hydrogens (tertiary/aromatic N) is 2. The van der Waals surface area contributed by atoms with Crippen molar-refractivity contribution in [3.05, 3.63) is 72.4 Å². The molecule has 1 aromatic heterocycles. The quantitative estimate of drug-likeness (QED) is 0.564. The van der Waals surface area contributed by atoms with E-state index in [2.05, 4.69) is 10.3 Å². The number of rotatable bonds is 3. The van der Waals surface area contributed by atoms with E-state index in [-0.39, 0.29) is 11.4 Å². The lowest BCUT2D eigenvalue weighted by Crippen LogP contribution is -2.35. The van der Waals surface area contributed by atoms with Crippen molar-refractivity contribution >= 4 is 49.0 Å². The summed E-state index contributed by atoms with van der Waals surface area (Å²) in [4.78, 5) is 17.4. The Bertz CT molecular complexity index is 1410. The minimum absolute atomic E-state index is 0.241. The molecule has 5 rings (SSSR count). The molecule has 1 amide bonds. The smallest absolute Gasteiger partial charge is 0.265 e. The van der Waals surface area contributed by atoms with Crippen LogP contribution < -0.4 is 9.62 Å². The Labute approximate surface area is 167 Å². The van der Waals surface area contributed by atoms with Gasteiger partial charge in [-0.25, -0.2) is 8.42 Å². The van der Waals surface area contributed by atoms with E-state index in [0.29, 0.717) is 16.8 Å². The number of sulfonamides is 1. The fourth-order valence-electron chi connectivity index (χ4n) is 3.76. The number of fused-ring (bicyclic) bond motifs is 1. The third-order valence-corrected chi connectivity index (χ3v) is 6.88. The predicted octanol–water partition coefficient (Wildman–Crippen LogP) is 3.84. The van der Waals surface area contributed by atoms with Crippen molar-refractivity contribution in [1.29, 1.82) is 0 Å². The van der Waals surface area contributed by atoms with Gasteiger partial charge in [0, 0.05) is 22.2 Å². The highest BCUT2D eigenvalue weighted by atomic mass is 32.2. The number of benzene rings is 3. The molecule has 0 atom stereocenters. The third-order valence-electron chi connectivity index (χ3n) is 5.08. The van der Waals surface area contributed by atoms with Crippen LogP contribution in [0, 0.1) is 6.92 Å². The molecule has 7 heteroatoms. The summed E-state index contributed by atoms with van der Waals surface area (Å²) in [6, 6.07) is 19.8. The van der Waals surface area contributed by atoms with Crippen LogP contribution in [-0.4, -0.2) is 25.9 Å². The average molecular weight is 403 g/mol. The van der Waals surface area contributed by atoms with Crippen LogP contribution in [0.1, 0.15) is 5.69 Å². The van der Waals surface area contributed by atoms with Crippen molar-refractivity contribution in [2.24, 2.45) is 0 Å². The van der Waals surface area contributed by atoms with Crippen LogP contribution in [0.25, 0.3) is 21.7 Å². The molecule has 0 spiro atoms. The van der Waals surface area contributed by atoms with Gasteiger partial charge in [-0.1, -0.05) is 30.3 Å². The van der Waals surface area contributed by atoms with Crippen LogP contribution in [0.4, 0.5) is 11.4 Å². The summed E-state index contributed by atoms with van der Waals surface area (Å²) in [5.74, 6) is -0.405. The van der Waals surface area contributed by atoms with Crippen molar-refractivity contribution < 1.29 is 13.2 Å². The Morgan fingerprint density at radius 3 is 2.62 bits per heavy atom. The Kier molecular flexibility index (Phi) is 3.82. The summed E-state index contributed by atoms with van der Waals surface area (Å²) in [6.45, 7) is 1.63. The van der Waals surface area contributed by atoms with E-state index in [1.807, 2.05) is 43.3 Å².